The van der Waals surface area contributed by atoms with Crippen molar-refractivity contribution >= 4 is 29.4 Å². The molecule has 0 saturated carbocycles. The van der Waals surface area contributed by atoms with Gasteiger partial charge in [0.15, 0.2) is 11.5 Å². The van der Waals surface area contributed by atoms with E-state index >= 15 is 0 Å². The fourth-order valence-electron chi connectivity index (χ4n) is 3.19. The van der Waals surface area contributed by atoms with Gasteiger partial charge >= 0.3 is 5.97 Å². The molecule has 0 spiro atoms. The molecule has 0 aliphatic carbocycles. The summed E-state index contributed by atoms with van der Waals surface area (Å²) in [4.78, 5) is 36.5. The Morgan fingerprint density at radius 3 is 2.50 bits per heavy atom. The summed E-state index contributed by atoms with van der Waals surface area (Å²) >= 11 is 0. The van der Waals surface area contributed by atoms with E-state index in [1.54, 1.807) is 85.8 Å². The van der Waals surface area contributed by atoms with Gasteiger partial charge in [-0.1, -0.05) is 24.3 Å². The normalized spacial score (nSPS) is 10.9. The second-order valence-electron chi connectivity index (χ2n) is 7.21. The van der Waals surface area contributed by atoms with Crippen LogP contribution in [-0.4, -0.2) is 24.3 Å². The van der Waals surface area contributed by atoms with E-state index in [2.05, 4.69) is 5.32 Å². The number of hydrogen-bond donors (Lipinski definition) is 1. The Bertz CT molecular complexity index is 1330. The molecule has 0 saturated heterocycles. The average Bonchev–Trinajstić information content (AvgIpc) is 3.56. The van der Waals surface area contributed by atoms with Crippen molar-refractivity contribution < 1.29 is 28.0 Å². The highest BCUT2D eigenvalue weighted by Gasteiger charge is 2.11. The minimum atomic E-state index is -0.399. The minimum Gasteiger partial charge on any atom is -0.462 e. The number of furan rings is 2. The fourth-order valence-corrected chi connectivity index (χ4v) is 3.19. The van der Waals surface area contributed by atoms with Crippen LogP contribution in [-0.2, 0) is 4.74 Å². The SMILES string of the molecule is CCOC(=O)c1ccc(-c2ccc(C=CC(=O)c3cccc(NC(=O)c4ccco4)c3)o2)cc1. The van der Waals surface area contributed by atoms with Gasteiger partial charge in [-0.05, 0) is 67.6 Å². The number of ether oxygens (including phenoxy) is 1. The average molecular weight is 455 g/mol. The molecule has 0 bridgehead atoms. The van der Waals surface area contributed by atoms with E-state index in [0.717, 1.165) is 5.56 Å². The highest BCUT2D eigenvalue weighted by molar-refractivity contribution is 6.08. The Morgan fingerprint density at radius 2 is 1.76 bits per heavy atom. The predicted octanol–water partition coefficient (Wildman–Crippen LogP) is 5.86. The van der Waals surface area contributed by atoms with Crippen LogP contribution in [0.5, 0.6) is 0 Å². The zero-order chi connectivity index (χ0) is 23.9. The van der Waals surface area contributed by atoms with Gasteiger partial charge < -0.3 is 18.9 Å². The second kappa shape index (κ2) is 10.3. The Labute approximate surface area is 195 Å². The van der Waals surface area contributed by atoms with Crippen molar-refractivity contribution in [1.82, 2.24) is 0 Å². The van der Waals surface area contributed by atoms with Crippen LogP contribution in [0, 0.1) is 0 Å². The van der Waals surface area contributed by atoms with Crippen LogP contribution >= 0.6 is 0 Å². The molecule has 0 unspecified atom stereocenters. The van der Waals surface area contributed by atoms with Crippen LogP contribution in [0.4, 0.5) is 5.69 Å². The smallest absolute Gasteiger partial charge is 0.338 e. The van der Waals surface area contributed by atoms with Crippen LogP contribution in [0.2, 0.25) is 0 Å². The van der Waals surface area contributed by atoms with Crippen LogP contribution < -0.4 is 5.32 Å². The second-order valence-corrected chi connectivity index (χ2v) is 7.21. The zero-order valence-corrected chi connectivity index (χ0v) is 18.3. The standard InChI is InChI=1S/C27H21NO6/c1-2-32-27(31)19-10-8-18(9-11-19)24-15-13-22(34-24)12-14-23(29)20-5-3-6-21(17-20)28-26(30)25-7-4-16-33-25/h3-17H,2H2,1H3,(H,28,30). The summed E-state index contributed by atoms with van der Waals surface area (Å²) in [6.07, 6.45) is 4.39. The lowest BCUT2D eigenvalue weighted by atomic mass is 10.1. The number of hydrogen-bond acceptors (Lipinski definition) is 6. The molecule has 7 nitrogen and oxygen atoms in total. The molecule has 0 aliphatic rings. The molecule has 0 aliphatic heterocycles. The summed E-state index contributed by atoms with van der Waals surface area (Å²) in [5.74, 6) is 0.264. The third-order valence-corrected chi connectivity index (χ3v) is 4.86. The number of benzene rings is 2. The lowest BCUT2D eigenvalue weighted by Gasteiger charge is -2.04. The van der Waals surface area contributed by atoms with Gasteiger partial charge in [0.25, 0.3) is 5.91 Å². The molecule has 2 aromatic heterocycles. The molecule has 0 fully saturated rings. The van der Waals surface area contributed by atoms with E-state index in [9.17, 15) is 14.4 Å². The molecule has 4 aromatic rings. The third kappa shape index (κ3) is 5.39. The number of carbonyl (C=O) groups excluding carboxylic acids is 3. The van der Waals surface area contributed by atoms with E-state index in [1.165, 1.54) is 12.3 Å². The Morgan fingerprint density at radius 1 is 0.941 bits per heavy atom. The van der Waals surface area contributed by atoms with E-state index in [0.29, 0.717) is 34.9 Å². The van der Waals surface area contributed by atoms with Gasteiger partial charge in [-0.15, -0.1) is 0 Å². The first-order valence-corrected chi connectivity index (χ1v) is 10.6. The summed E-state index contributed by atoms with van der Waals surface area (Å²) < 4.78 is 15.9. The number of carbonyl (C=O) groups is 3. The van der Waals surface area contributed by atoms with Crippen molar-refractivity contribution in [1.29, 1.82) is 0 Å². The number of rotatable bonds is 8. The first kappa shape index (κ1) is 22.5. The van der Waals surface area contributed by atoms with Crippen molar-refractivity contribution in [3.63, 3.8) is 0 Å². The largest absolute Gasteiger partial charge is 0.462 e. The molecular formula is C27H21NO6. The Kier molecular flexibility index (Phi) is 6.84. The first-order chi connectivity index (χ1) is 16.5. The Balaban J connectivity index is 1.41. The molecule has 34 heavy (non-hydrogen) atoms. The van der Waals surface area contributed by atoms with E-state index in [4.69, 9.17) is 13.6 Å². The highest BCUT2D eigenvalue weighted by Crippen LogP contribution is 2.24. The molecule has 0 radical (unpaired) electrons. The van der Waals surface area contributed by atoms with Gasteiger partial charge in [-0.25, -0.2) is 4.79 Å². The van der Waals surface area contributed by atoms with E-state index < -0.39 is 5.91 Å². The van der Waals surface area contributed by atoms with Crippen molar-refractivity contribution in [3.05, 3.63) is 108 Å². The minimum absolute atomic E-state index is 0.181. The molecule has 1 amide bonds. The number of esters is 1. The summed E-state index contributed by atoms with van der Waals surface area (Å²) in [6.45, 7) is 2.07. The van der Waals surface area contributed by atoms with Gasteiger partial charge in [0.1, 0.15) is 11.5 Å². The molecule has 170 valence electrons. The predicted molar refractivity (Wildman–Crippen MR) is 127 cm³/mol. The van der Waals surface area contributed by atoms with Crippen LogP contribution in [0.1, 0.15) is 44.0 Å². The van der Waals surface area contributed by atoms with Gasteiger partial charge in [0.2, 0.25) is 0 Å². The zero-order valence-electron chi connectivity index (χ0n) is 18.3. The number of ketones is 1. The van der Waals surface area contributed by atoms with Crippen molar-refractivity contribution in [2.75, 3.05) is 11.9 Å². The molecule has 2 heterocycles. The van der Waals surface area contributed by atoms with Gasteiger partial charge in [0.05, 0.1) is 18.4 Å². The van der Waals surface area contributed by atoms with Crippen LogP contribution in [0.3, 0.4) is 0 Å². The topological polar surface area (TPSA) is 98.8 Å². The quantitative estimate of drug-likeness (QED) is 0.203. The molecule has 1 N–H and O–H groups in total. The van der Waals surface area contributed by atoms with Gasteiger partial charge in [0, 0.05) is 16.8 Å². The van der Waals surface area contributed by atoms with Crippen LogP contribution in [0.15, 0.2) is 94.0 Å². The van der Waals surface area contributed by atoms with Crippen molar-refractivity contribution in [2.24, 2.45) is 0 Å². The number of nitrogens with one attached hydrogen (secondary N) is 1. The molecule has 7 heteroatoms. The maximum Gasteiger partial charge on any atom is 0.338 e. The monoisotopic (exact) mass is 455 g/mol. The number of amides is 1. The lowest BCUT2D eigenvalue weighted by Crippen LogP contribution is -2.11. The highest BCUT2D eigenvalue weighted by atomic mass is 16.5. The summed E-state index contributed by atoms with van der Waals surface area (Å²) in [5, 5.41) is 2.70. The molecular weight excluding hydrogens is 434 g/mol. The van der Waals surface area contributed by atoms with Crippen LogP contribution in [0.25, 0.3) is 17.4 Å². The van der Waals surface area contributed by atoms with Gasteiger partial charge in [-0.2, -0.15) is 0 Å². The van der Waals surface area contributed by atoms with Crippen molar-refractivity contribution in [2.45, 2.75) is 6.92 Å². The number of anilines is 1. The lowest BCUT2D eigenvalue weighted by molar-refractivity contribution is 0.0526. The van der Waals surface area contributed by atoms with Gasteiger partial charge in [-0.3, -0.25) is 9.59 Å². The van der Waals surface area contributed by atoms with E-state index in [-0.39, 0.29) is 17.5 Å². The Hall–Kier alpha value is -4.65. The summed E-state index contributed by atoms with van der Waals surface area (Å²) in [5.41, 5.74) is 2.14. The summed E-state index contributed by atoms with van der Waals surface area (Å²) in [6, 6.07) is 20.2. The number of allylic oxidation sites excluding steroid dienone is 1. The maximum absolute atomic E-state index is 12.6. The molecule has 2 aromatic carbocycles. The maximum atomic E-state index is 12.6. The third-order valence-electron chi connectivity index (χ3n) is 4.86. The van der Waals surface area contributed by atoms with E-state index in [1.807, 2.05) is 0 Å². The van der Waals surface area contributed by atoms with Crippen molar-refractivity contribution in [3.8, 4) is 11.3 Å². The summed E-state index contributed by atoms with van der Waals surface area (Å²) in [7, 11) is 0. The molecule has 4 rings (SSSR count). The first-order valence-electron chi connectivity index (χ1n) is 10.6. The molecule has 0 atom stereocenters. The fraction of sp³-hybridized carbons (Fsp3) is 0.0741.